The zero-order valence-electron chi connectivity index (χ0n) is 17.1. The maximum absolute atomic E-state index is 12.4. The van der Waals surface area contributed by atoms with Gasteiger partial charge in [0.15, 0.2) is 0 Å². The number of morpholine rings is 1. The third kappa shape index (κ3) is 5.72. The molecule has 0 saturated carbocycles. The summed E-state index contributed by atoms with van der Waals surface area (Å²) in [6.07, 6.45) is 0. The van der Waals surface area contributed by atoms with Crippen molar-refractivity contribution >= 4 is 29.1 Å². The van der Waals surface area contributed by atoms with Gasteiger partial charge < -0.3 is 20.1 Å². The molecule has 1 saturated heterocycles. The van der Waals surface area contributed by atoms with Crippen molar-refractivity contribution in [3.8, 4) is 5.75 Å². The molecule has 2 amide bonds. The van der Waals surface area contributed by atoms with Crippen molar-refractivity contribution in [3.05, 3.63) is 58.6 Å². The molecule has 1 heterocycles. The van der Waals surface area contributed by atoms with Crippen molar-refractivity contribution in [2.45, 2.75) is 13.0 Å². The van der Waals surface area contributed by atoms with Gasteiger partial charge in [0.2, 0.25) is 0 Å². The highest BCUT2D eigenvalue weighted by Gasteiger charge is 2.24. The third-order valence-electron chi connectivity index (χ3n) is 5.08. The molecule has 7 nitrogen and oxygen atoms in total. The molecule has 8 heteroatoms. The monoisotopic (exact) mass is 431 g/mol. The Hall–Kier alpha value is -2.61. The third-order valence-corrected chi connectivity index (χ3v) is 5.49. The van der Waals surface area contributed by atoms with Crippen LogP contribution in [0.1, 0.15) is 17.2 Å². The van der Waals surface area contributed by atoms with Crippen LogP contribution in [0.5, 0.6) is 5.75 Å². The van der Waals surface area contributed by atoms with Crippen molar-refractivity contribution in [1.29, 1.82) is 0 Å². The average Bonchev–Trinajstić information content (AvgIpc) is 2.77. The fourth-order valence-corrected chi connectivity index (χ4v) is 3.48. The summed E-state index contributed by atoms with van der Waals surface area (Å²) in [5.41, 5.74) is 2.40. The van der Waals surface area contributed by atoms with Crippen LogP contribution in [0, 0.1) is 6.92 Å². The number of aryl methyl sites for hydroxylation is 1. The second kappa shape index (κ2) is 10.4. The first-order valence-corrected chi connectivity index (χ1v) is 10.2. The van der Waals surface area contributed by atoms with Crippen LogP contribution in [0.2, 0.25) is 5.02 Å². The molecule has 2 aromatic rings. The number of hydrogen-bond acceptors (Lipinski definition) is 5. The van der Waals surface area contributed by atoms with Gasteiger partial charge in [0, 0.05) is 30.3 Å². The fraction of sp³-hybridized carbons (Fsp3) is 0.364. The first-order chi connectivity index (χ1) is 14.5. The summed E-state index contributed by atoms with van der Waals surface area (Å²) in [6.45, 7) is 4.94. The molecule has 0 bridgehead atoms. The maximum Gasteiger partial charge on any atom is 0.313 e. The Labute approximate surface area is 181 Å². The van der Waals surface area contributed by atoms with Gasteiger partial charge in [0.25, 0.3) is 0 Å². The number of methoxy groups -OCH3 is 1. The van der Waals surface area contributed by atoms with Crippen LogP contribution in [0.3, 0.4) is 0 Å². The molecule has 1 atom stereocenters. The van der Waals surface area contributed by atoms with E-state index in [9.17, 15) is 9.59 Å². The molecule has 0 aliphatic carbocycles. The van der Waals surface area contributed by atoms with Gasteiger partial charge in [-0.2, -0.15) is 0 Å². The minimum atomic E-state index is -0.731. The average molecular weight is 432 g/mol. The lowest BCUT2D eigenvalue weighted by Gasteiger charge is -2.34. The van der Waals surface area contributed by atoms with E-state index in [1.54, 1.807) is 25.3 Å². The minimum Gasteiger partial charge on any atom is -0.497 e. The number of benzene rings is 2. The van der Waals surface area contributed by atoms with Crippen LogP contribution in [-0.2, 0) is 14.3 Å². The summed E-state index contributed by atoms with van der Waals surface area (Å²) in [7, 11) is 1.62. The number of carbonyl (C=O) groups excluding carboxylic acids is 2. The molecule has 30 heavy (non-hydrogen) atoms. The highest BCUT2D eigenvalue weighted by molar-refractivity contribution is 6.39. The molecule has 3 rings (SSSR count). The van der Waals surface area contributed by atoms with Gasteiger partial charge in [-0.1, -0.05) is 29.8 Å². The van der Waals surface area contributed by atoms with Crippen LogP contribution in [0.15, 0.2) is 42.5 Å². The van der Waals surface area contributed by atoms with Gasteiger partial charge in [-0.25, -0.2) is 0 Å². The first kappa shape index (κ1) is 22.1. The van der Waals surface area contributed by atoms with Gasteiger partial charge in [0.1, 0.15) is 5.75 Å². The largest absolute Gasteiger partial charge is 0.497 e. The van der Waals surface area contributed by atoms with E-state index < -0.39 is 11.8 Å². The Morgan fingerprint density at radius 1 is 1.13 bits per heavy atom. The van der Waals surface area contributed by atoms with E-state index in [2.05, 4.69) is 15.5 Å². The standard InChI is InChI=1S/C22H26ClN3O4/c1-15-3-6-17(13-19(15)23)25-22(28)21(27)24-14-20(26-9-11-30-12-10-26)16-4-7-18(29-2)8-5-16/h3-8,13,20H,9-12,14H2,1-2H3,(H,24,27)(H,25,28)/t20-/m1/s1. The van der Waals surface area contributed by atoms with E-state index in [-0.39, 0.29) is 6.04 Å². The zero-order chi connectivity index (χ0) is 21.5. The zero-order valence-corrected chi connectivity index (χ0v) is 17.9. The first-order valence-electron chi connectivity index (χ1n) is 9.79. The van der Waals surface area contributed by atoms with E-state index in [4.69, 9.17) is 21.1 Å². The van der Waals surface area contributed by atoms with E-state index in [1.807, 2.05) is 31.2 Å². The molecule has 1 aliphatic heterocycles. The van der Waals surface area contributed by atoms with Gasteiger partial charge in [-0.3, -0.25) is 14.5 Å². The second-order valence-electron chi connectivity index (χ2n) is 7.07. The lowest BCUT2D eigenvalue weighted by Crippen LogP contribution is -2.45. The van der Waals surface area contributed by atoms with Crippen molar-refractivity contribution in [3.63, 3.8) is 0 Å². The number of nitrogens with zero attached hydrogens (tertiary/aromatic N) is 1. The van der Waals surface area contributed by atoms with E-state index in [0.29, 0.717) is 30.5 Å². The molecule has 1 fully saturated rings. The molecular formula is C22H26ClN3O4. The maximum atomic E-state index is 12.4. The predicted octanol–water partition coefficient (Wildman–Crippen LogP) is 2.79. The number of nitrogens with one attached hydrogen (secondary N) is 2. The number of rotatable bonds is 6. The van der Waals surface area contributed by atoms with Crippen molar-refractivity contribution in [2.24, 2.45) is 0 Å². The Balaban J connectivity index is 1.65. The van der Waals surface area contributed by atoms with Crippen LogP contribution in [-0.4, -0.2) is 56.7 Å². The molecule has 0 aromatic heterocycles. The molecule has 160 valence electrons. The topological polar surface area (TPSA) is 79.9 Å². The Kier molecular flexibility index (Phi) is 7.68. The number of ether oxygens (including phenoxy) is 2. The summed E-state index contributed by atoms with van der Waals surface area (Å²) in [6, 6.07) is 12.8. The summed E-state index contributed by atoms with van der Waals surface area (Å²) in [4.78, 5) is 26.9. The number of hydrogen-bond donors (Lipinski definition) is 2. The Bertz CT molecular complexity index is 882. The van der Waals surface area contributed by atoms with E-state index >= 15 is 0 Å². The lowest BCUT2D eigenvalue weighted by atomic mass is 10.0. The SMILES string of the molecule is COc1ccc([C@@H](CNC(=O)C(=O)Nc2ccc(C)c(Cl)c2)N2CCOCC2)cc1. The number of carbonyl (C=O) groups is 2. The molecule has 0 spiro atoms. The Morgan fingerprint density at radius 3 is 2.47 bits per heavy atom. The van der Waals surface area contributed by atoms with E-state index in [0.717, 1.165) is 30.0 Å². The van der Waals surface area contributed by atoms with Crippen molar-refractivity contribution in [2.75, 3.05) is 45.3 Å². The molecule has 2 N–H and O–H groups in total. The van der Waals surface area contributed by atoms with Gasteiger partial charge in [0.05, 0.1) is 26.4 Å². The molecule has 1 aliphatic rings. The lowest BCUT2D eigenvalue weighted by molar-refractivity contribution is -0.136. The minimum absolute atomic E-state index is 0.0784. The van der Waals surface area contributed by atoms with Gasteiger partial charge in [-0.05, 0) is 42.3 Å². The number of amides is 2. The van der Waals surface area contributed by atoms with Crippen LogP contribution >= 0.6 is 11.6 Å². The van der Waals surface area contributed by atoms with Crippen LogP contribution in [0.25, 0.3) is 0 Å². The van der Waals surface area contributed by atoms with Crippen LogP contribution in [0.4, 0.5) is 5.69 Å². The quantitative estimate of drug-likeness (QED) is 0.687. The Morgan fingerprint density at radius 2 is 1.83 bits per heavy atom. The normalized spacial score (nSPS) is 15.3. The highest BCUT2D eigenvalue weighted by atomic mass is 35.5. The summed E-state index contributed by atoms with van der Waals surface area (Å²) in [5.74, 6) is -0.663. The van der Waals surface area contributed by atoms with Crippen molar-refractivity contribution < 1.29 is 19.1 Å². The van der Waals surface area contributed by atoms with Crippen LogP contribution < -0.4 is 15.4 Å². The predicted molar refractivity (Wildman–Crippen MR) is 116 cm³/mol. The highest BCUT2D eigenvalue weighted by Crippen LogP contribution is 2.24. The summed E-state index contributed by atoms with van der Waals surface area (Å²) in [5, 5.41) is 5.87. The summed E-state index contributed by atoms with van der Waals surface area (Å²) >= 11 is 6.08. The van der Waals surface area contributed by atoms with Gasteiger partial charge >= 0.3 is 11.8 Å². The number of anilines is 1. The molecule has 2 aromatic carbocycles. The molecule has 0 unspecified atom stereocenters. The number of halogens is 1. The van der Waals surface area contributed by atoms with Crippen molar-refractivity contribution in [1.82, 2.24) is 10.2 Å². The van der Waals surface area contributed by atoms with E-state index in [1.165, 1.54) is 0 Å². The smallest absolute Gasteiger partial charge is 0.313 e. The fourth-order valence-electron chi connectivity index (χ4n) is 3.30. The summed E-state index contributed by atoms with van der Waals surface area (Å²) < 4.78 is 10.7. The second-order valence-corrected chi connectivity index (χ2v) is 7.47. The molecular weight excluding hydrogens is 406 g/mol. The van der Waals surface area contributed by atoms with Gasteiger partial charge in [-0.15, -0.1) is 0 Å². The molecule has 0 radical (unpaired) electrons.